The molecule has 0 aliphatic heterocycles. The highest BCUT2D eigenvalue weighted by molar-refractivity contribution is 7.99. The van der Waals surface area contributed by atoms with E-state index in [1.165, 1.54) is 17.0 Å². The SMILES string of the molecule is CS(=O)(=O)c1cccc(C(=O)NCCCSc2ccccc2)c1. The molecule has 6 heteroatoms. The second-order valence-electron chi connectivity index (χ2n) is 5.07. The summed E-state index contributed by atoms with van der Waals surface area (Å²) < 4.78 is 23.0. The Balaban J connectivity index is 1.79. The second kappa shape index (κ2) is 8.17. The lowest BCUT2D eigenvalue weighted by Gasteiger charge is -2.06. The van der Waals surface area contributed by atoms with Crippen LogP contribution in [0.5, 0.6) is 0 Å². The fourth-order valence-electron chi connectivity index (χ4n) is 1.95. The Bertz CT molecular complexity index is 758. The molecule has 2 aromatic carbocycles. The molecule has 0 atom stereocenters. The zero-order chi connectivity index (χ0) is 16.7. The summed E-state index contributed by atoms with van der Waals surface area (Å²) in [4.78, 5) is 13.4. The maximum absolute atomic E-state index is 12.0. The molecule has 0 aromatic heterocycles. The van der Waals surface area contributed by atoms with E-state index in [1.54, 1.807) is 23.9 Å². The van der Waals surface area contributed by atoms with E-state index in [9.17, 15) is 13.2 Å². The van der Waals surface area contributed by atoms with Crippen LogP contribution in [0.2, 0.25) is 0 Å². The van der Waals surface area contributed by atoms with E-state index >= 15 is 0 Å². The summed E-state index contributed by atoms with van der Waals surface area (Å²) in [6.07, 6.45) is 1.97. The lowest BCUT2D eigenvalue weighted by molar-refractivity contribution is 0.0953. The van der Waals surface area contributed by atoms with Gasteiger partial charge in [0.25, 0.3) is 5.91 Å². The molecular formula is C17H19NO3S2. The number of sulfone groups is 1. The first-order valence-electron chi connectivity index (χ1n) is 7.23. The minimum atomic E-state index is -3.30. The summed E-state index contributed by atoms with van der Waals surface area (Å²) in [5, 5.41) is 2.82. The van der Waals surface area contributed by atoms with Crippen LogP contribution >= 0.6 is 11.8 Å². The van der Waals surface area contributed by atoms with E-state index in [-0.39, 0.29) is 10.8 Å². The number of hydrogen-bond donors (Lipinski definition) is 1. The maximum atomic E-state index is 12.0. The molecule has 2 aromatic rings. The molecule has 0 aliphatic carbocycles. The third kappa shape index (κ3) is 5.73. The van der Waals surface area contributed by atoms with E-state index in [1.807, 2.05) is 18.2 Å². The molecule has 1 amide bonds. The third-order valence-corrected chi connectivity index (χ3v) is 5.35. The van der Waals surface area contributed by atoms with Gasteiger partial charge >= 0.3 is 0 Å². The first-order chi connectivity index (χ1) is 11.0. The highest BCUT2D eigenvalue weighted by Gasteiger charge is 2.11. The molecule has 0 heterocycles. The van der Waals surface area contributed by atoms with E-state index in [4.69, 9.17) is 0 Å². The van der Waals surface area contributed by atoms with Crippen LogP contribution in [0.4, 0.5) is 0 Å². The lowest BCUT2D eigenvalue weighted by atomic mass is 10.2. The summed E-state index contributed by atoms with van der Waals surface area (Å²) >= 11 is 1.74. The normalized spacial score (nSPS) is 11.2. The van der Waals surface area contributed by atoms with Gasteiger partial charge in [0, 0.05) is 23.3 Å². The molecule has 0 unspecified atom stereocenters. The van der Waals surface area contributed by atoms with Crippen molar-refractivity contribution in [3.8, 4) is 0 Å². The fourth-order valence-corrected chi connectivity index (χ4v) is 3.49. The largest absolute Gasteiger partial charge is 0.352 e. The van der Waals surface area contributed by atoms with Crippen molar-refractivity contribution >= 4 is 27.5 Å². The van der Waals surface area contributed by atoms with Crippen LogP contribution in [0.3, 0.4) is 0 Å². The molecule has 122 valence electrons. The number of carbonyl (C=O) groups is 1. The number of hydrogen-bond acceptors (Lipinski definition) is 4. The van der Waals surface area contributed by atoms with Crippen molar-refractivity contribution in [2.75, 3.05) is 18.6 Å². The molecule has 23 heavy (non-hydrogen) atoms. The molecule has 1 N–H and O–H groups in total. The number of thioether (sulfide) groups is 1. The van der Waals surface area contributed by atoms with Crippen LogP contribution in [-0.2, 0) is 9.84 Å². The average Bonchev–Trinajstić information content (AvgIpc) is 2.54. The van der Waals surface area contributed by atoms with Crippen molar-refractivity contribution in [2.24, 2.45) is 0 Å². The minimum Gasteiger partial charge on any atom is -0.352 e. The van der Waals surface area contributed by atoms with Gasteiger partial charge in [-0.3, -0.25) is 4.79 Å². The monoisotopic (exact) mass is 349 g/mol. The molecule has 0 radical (unpaired) electrons. The zero-order valence-corrected chi connectivity index (χ0v) is 14.5. The Morgan fingerprint density at radius 3 is 2.52 bits per heavy atom. The first-order valence-corrected chi connectivity index (χ1v) is 10.1. The Kier molecular flexibility index (Phi) is 6.24. The Morgan fingerprint density at radius 1 is 1.09 bits per heavy atom. The quantitative estimate of drug-likeness (QED) is 0.616. The second-order valence-corrected chi connectivity index (χ2v) is 8.26. The fraction of sp³-hybridized carbons (Fsp3) is 0.235. The summed E-state index contributed by atoms with van der Waals surface area (Å²) in [6.45, 7) is 0.557. The number of carbonyl (C=O) groups excluding carboxylic acids is 1. The summed E-state index contributed by atoms with van der Waals surface area (Å²) in [7, 11) is -3.30. The smallest absolute Gasteiger partial charge is 0.251 e. The van der Waals surface area contributed by atoms with E-state index in [2.05, 4.69) is 17.4 Å². The van der Waals surface area contributed by atoms with Crippen LogP contribution in [0, 0.1) is 0 Å². The summed E-state index contributed by atoms with van der Waals surface area (Å²) in [5.74, 6) is 0.661. The number of benzene rings is 2. The Hall–Kier alpha value is -1.79. The van der Waals surface area contributed by atoms with Gasteiger partial charge in [-0.05, 0) is 42.5 Å². The van der Waals surface area contributed by atoms with Crippen LogP contribution in [0.15, 0.2) is 64.4 Å². The van der Waals surface area contributed by atoms with Crippen molar-refractivity contribution < 1.29 is 13.2 Å². The minimum absolute atomic E-state index is 0.157. The molecule has 0 saturated carbocycles. The van der Waals surface area contributed by atoms with Gasteiger partial charge in [0.2, 0.25) is 0 Å². The Labute approximate surface area is 141 Å². The van der Waals surface area contributed by atoms with Crippen LogP contribution in [-0.4, -0.2) is 32.9 Å². The van der Waals surface area contributed by atoms with Crippen LogP contribution in [0.1, 0.15) is 16.8 Å². The maximum Gasteiger partial charge on any atom is 0.251 e. The van der Waals surface area contributed by atoms with Gasteiger partial charge < -0.3 is 5.32 Å². The first kappa shape index (κ1) is 17.6. The van der Waals surface area contributed by atoms with E-state index in [0.717, 1.165) is 18.4 Å². The molecule has 0 bridgehead atoms. The predicted molar refractivity (Wildman–Crippen MR) is 93.7 cm³/mol. The molecule has 4 nitrogen and oxygen atoms in total. The molecule has 0 saturated heterocycles. The highest BCUT2D eigenvalue weighted by atomic mass is 32.2. The predicted octanol–water partition coefficient (Wildman–Crippen LogP) is 3.00. The van der Waals surface area contributed by atoms with Gasteiger partial charge in [0.1, 0.15) is 0 Å². The van der Waals surface area contributed by atoms with Gasteiger partial charge in [-0.2, -0.15) is 0 Å². The van der Waals surface area contributed by atoms with Crippen LogP contribution in [0.25, 0.3) is 0 Å². The molecule has 0 spiro atoms. The zero-order valence-electron chi connectivity index (χ0n) is 12.9. The molecule has 0 aliphatic rings. The number of nitrogens with one attached hydrogen (secondary N) is 1. The molecule has 0 fully saturated rings. The van der Waals surface area contributed by atoms with Crippen molar-refractivity contribution in [1.82, 2.24) is 5.32 Å². The molecular weight excluding hydrogens is 330 g/mol. The van der Waals surface area contributed by atoms with E-state index < -0.39 is 9.84 Å². The topological polar surface area (TPSA) is 63.2 Å². The van der Waals surface area contributed by atoms with Gasteiger partial charge in [-0.15, -0.1) is 11.8 Å². The van der Waals surface area contributed by atoms with Gasteiger partial charge in [0.15, 0.2) is 9.84 Å². The van der Waals surface area contributed by atoms with Crippen molar-refractivity contribution in [1.29, 1.82) is 0 Å². The standard InChI is InChI=1S/C17H19NO3S2/c1-23(20,21)16-10-5-7-14(13-16)17(19)18-11-6-12-22-15-8-3-2-4-9-15/h2-5,7-10,13H,6,11-12H2,1H3,(H,18,19). The number of amides is 1. The summed E-state index contributed by atoms with van der Waals surface area (Å²) in [6, 6.07) is 16.2. The van der Waals surface area contributed by atoms with Crippen molar-refractivity contribution in [3.05, 3.63) is 60.2 Å². The molecule has 2 rings (SSSR count). The highest BCUT2D eigenvalue weighted by Crippen LogP contribution is 2.17. The van der Waals surface area contributed by atoms with Crippen LogP contribution < -0.4 is 5.32 Å². The van der Waals surface area contributed by atoms with Gasteiger partial charge in [-0.1, -0.05) is 24.3 Å². The Morgan fingerprint density at radius 2 is 1.83 bits per heavy atom. The van der Waals surface area contributed by atoms with Crippen molar-refractivity contribution in [3.63, 3.8) is 0 Å². The summed E-state index contributed by atoms with van der Waals surface area (Å²) in [5.41, 5.74) is 0.364. The third-order valence-electron chi connectivity index (χ3n) is 3.14. The van der Waals surface area contributed by atoms with E-state index in [0.29, 0.717) is 12.1 Å². The van der Waals surface area contributed by atoms with Gasteiger partial charge in [-0.25, -0.2) is 8.42 Å². The van der Waals surface area contributed by atoms with Crippen molar-refractivity contribution in [2.45, 2.75) is 16.2 Å². The lowest BCUT2D eigenvalue weighted by Crippen LogP contribution is -2.25. The average molecular weight is 349 g/mol. The van der Waals surface area contributed by atoms with Gasteiger partial charge in [0.05, 0.1) is 4.90 Å². The number of rotatable bonds is 7.